The van der Waals surface area contributed by atoms with Gasteiger partial charge in [0.1, 0.15) is 0 Å². The molecule has 1 saturated heterocycles. The van der Waals surface area contributed by atoms with Gasteiger partial charge in [-0.15, -0.1) is 0 Å². The number of hydrogen-bond donors (Lipinski definition) is 1. The molecule has 0 radical (unpaired) electrons. The van der Waals surface area contributed by atoms with Crippen LogP contribution in [0, 0.1) is 0 Å². The van der Waals surface area contributed by atoms with Crippen molar-refractivity contribution in [2.24, 2.45) is 0 Å². The Balaban J connectivity index is 2.10. The molecule has 0 spiro atoms. The molecule has 12 heavy (non-hydrogen) atoms. The fourth-order valence-corrected chi connectivity index (χ4v) is 2.02. The van der Waals surface area contributed by atoms with Crippen LogP contribution >= 0.6 is 0 Å². The summed E-state index contributed by atoms with van der Waals surface area (Å²) in [6.07, 6.45) is 2.77. The number of epoxide rings is 1. The lowest BCUT2D eigenvalue weighted by Gasteiger charge is -2.32. The van der Waals surface area contributed by atoms with Gasteiger partial charge in [-0.05, 0) is 32.3 Å². The molecule has 2 heteroatoms. The first-order valence-corrected chi connectivity index (χ1v) is 4.52. The molecule has 1 N–H and O–H groups in total. The minimum Gasteiger partial charge on any atom is -0.385 e. The van der Waals surface area contributed by atoms with E-state index in [1.165, 1.54) is 0 Å². The molecule has 0 bridgehead atoms. The predicted molar refractivity (Wildman–Crippen MR) is 46.9 cm³/mol. The largest absolute Gasteiger partial charge is 0.385 e. The van der Waals surface area contributed by atoms with Crippen LogP contribution in [-0.4, -0.2) is 22.4 Å². The highest BCUT2D eigenvalue weighted by molar-refractivity contribution is 5.18. The van der Waals surface area contributed by atoms with Crippen LogP contribution in [0.25, 0.3) is 0 Å². The van der Waals surface area contributed by atoms with E-state index in [1.807, 2.05) is 6.92 Å². The molecule has 1 aliphatic carbocycles. The standard InChI is InChI=1S/C10H16O2/c1-7(2)10(11)5-4-9(3)8(6-10)12-9/h8,11H,1,4-6H2,2-3H3/t8?,9?,10-/m1/s1. The first-order chi connectivity index (χ1) is 5.46. The van der Waals surface area contributed by atoms with Crippen molar-refractivity contribution >= 4 is 0 Å². The number of hydrogen-bond acceptors (Lipinski definition) is 2. The molecular weight excluding hydrogens is 152 g/mol. The van der Waals surface area contributed by atoms with Gasteiger partial charge < -0.3 is 9.84 Å². The van der Waals surface area contributed by atoms with Gasteiger partial charge in [0.15, 0.2) is 0 Å². The minimum absolute atomic E-state index is 0.0850. The van der Waals surface area contributed by atoms with Gasteiger partial charge in [0.05, 0.1) is 17.3 Å². The lowest BCUT2D eigenvalue weighted by atomic mass is 9.76. The molecule has 2 fully saturated rings. The van der Waals surface area contributed by atoms with Crippen LogP contribution in [0.2, 0.25) is 0 Å². The van der Waals surface area contributed by atoms with E-state index >= 15 is 0 Å². The quantitative estimate of drug-likeness (QED) is 0.477. The summed E-state index contributed by atoms with van der Waals surface area (Å²) in [5, 5.41) is 10.1. The van der Waals surface area contributed by atoms with Gasteiger partial charge in [0.25, 0.3) is 0 Å². The Hall–Kier alpha value is -0.340. The monoisotopic (exact) mass is 168 g/mol. The van der Waals surface area contributed by atoms with Crippen LogP contribution < -0.4 is 0 Å². The average Bonchev–Trinajstić information content (AvgIpc) is 2.60. The van der Waals surface area contributed by atoms with Crippen molar-refractivity contribution in [3.05, 3.63) is 12.2 Å². The Bertz CT molecular complexity index is 236. The third kappa shape index (κ3) is 1.02. The molecule has 0 aromatic rings. The van der Waals surface area contributed by atoms with Crippen molar-refractivity contribution in [2.45, 2.75) is 50.4 Å². The molecule has 3 atom stereocenters. The van der Waals surface area contributed by atoms with Crippen molar-refractivity contribution in [3.63, 3.8) is 0 Å². The van der Waals surface area contributed by atoms with Gasteiger partial charge in [-0.2, -0.15) is 0 Å². The van der Waals surface area contributed by atoms with Crippen molar-refractivity contribution in [3.8, 4) is 0 Å². The van der Waals surface area contributed by atoms with Gasteiger partial charge in [-0.3, -0.25) is 0 Å². The maximum atomic E-state index is 10.1. The van der Waals surface area contributed by atoms with Gasteiger partial charge >= 0.3 is 0 Å². The van der Waals surface area contributed by atoms with Gasteiger partial charge in [-0.25, -0.2) is 0 Å². The van der Waals surface area contributed by atoms with E-state index in [1.54, 1.807) is 0 Å². The van der Waals surface area contributed by atoms with Crippen molar-refractivity contribution in [2.75, 3.05) is 0 Å². The lowest BCUT2D eigenvalue weighted by Crippen LogP contribution is -2.38. The van der Waals surface area contributed by atoms with Crippen molar-refractivity contribution in [1.29, 1.82) is 0 Å². The summed E-state index contributed by atoms with van der Waals surface area (Å²) in [4.78, 5) is 0. The highest BCUT2D eigenvalue weighted by Gasteiger charge is 2.59. The third-order valence-electron chi connectivity index (χ3n) is 3.39. The second kappa shape index (κ2) is 2.12. The van der Waals surface area contributed by atoms with Crippen LogP contribution in [0.5, 0.6) is 0 Å². The highest BCUT2D eigenvalue weighted by atomic mass is 16.6. The fourth-order valence-electron chi connectivity index (χ4n) is 2.02. The summed E-state index contributed by atoms with van der Waals surface area (Å²) in [6.45, 7) is 7.84. The summed E-state index contributed by atoms with van der Waals surface area (Å²) in [5.41, 5.74) is 0.308. The van der Waals surface area contributed by atoms with Gasteiger partial charge in [-0.1, -0.05) is 6.58 Å². The topological polar surface area (TPSA) is 32.8 Å². The van der Waals surface area contributed by atoms with E-state index < -0.39 is 5.60 Å². The van der Waals surface area contributed by atoms with Crippen molar-refractivity contribution in [1.82, 2.24) is 0 Å². The Morgan fingerprint density at radius 3 is 2.75 bits per heavy atom. The summed E-state index contributed by atoms with van der Waals surface area (Å²) in [7, 11) is 0. The second-order valence-electron chi connectivity index (χ2n) is 4.44. The van der Waals surface area contributed by atoms with E-state index in [0.29, 0.717) is 0 Å². The van der Waals surface area contributed by atoms with Crippen LogP contribution in [0.15, 0.2) is 12.2 Å². The SMILES string of the molecule is C=C(C)[C@@]1(O)CCC2(C)OC2C1. The summed E-state index contributed by atoms with van der Waals surface area (Å²) < 4.78 is 5.51. The van der Waals surface area contributed by atoms with E-state index in [0.717, 1.165) is 24.8 Å². The van der Waals surface area contributed by atoms with Crippen molar-refractivity contribution < 1.29 is 9.84 Å². The third-order valence-corrected chi connectivity index (χ3v) is 3.39. The molecule has 0 aromatic carbocycles. The summed E-state index contributed by atoms with van der Waals surface area (Å²) >= 11 is 0. The summed E-state index contributed by atoms with van der Waals surface area (Å²) in [5.74, 6) is 0. The highest BCUT2D eigenvalue weighted by Crippen LogP contribution is 2.51. The van der Waals surface area contributed by atoms with Gasteiger partial charge in [0.2, 0.25) is 0 Å². The first-order valence-electron chi connectivity index (χ1n) is 4.52. The number of rotatable bonds is 1. The molecule has 2 nitrogen and oxygen atoms in total. The molecule has 0 aromatic heterocycles. The number of fused-ring (bicyclic) bond motifs is 1. The Morgan fingerprint density at radius 1 is 1.58 bits per heavy atom. The Kier molecular flexibility index (Phi) is 1.46. The first kappa shape index (κ1) is 8.27. The fraction of sp³-hybridized carbons (Fsp3) is 0.800. The molecule has 2 unspecified atom stereocenters. The smallest absolute Gasteiger partial charge is 0.0922 e. The maximum absolute atomic E-state index is 10.1. The number of aliphatic hydroxyl groups is 1. The Morgan fingerprint density at radius 2 is 2.25 bits per heavy atom. The molecule has 1 saturated carbocycles. The van der Waals surface area contributed by atoms with Crippen LogP contribution in [0.3, 0.4) is 0 Å². The van der Waals surface area contributed by atoms with E-state index in [-0.39, 0.29) is 11.7 Å². The molecule has 1 heterocycles. The maximum Gasteiger partial charge on any atom is 0.0922 e. The van der Waals surface area contributed by atoms with E-state index in [4.69, 9.17) is 4.74 Å². The van der Waals surface area contributed by atoms with Crippen LogP contribution in [0.1, 0.15) is 33.1 Å². The van der Waals surface area contributed by atoms with E-state index in [9.17, 15) is 5.11 Å². The lowest BCUT2D eigenvalue weighted by molar-refractivity contribution is 0.0422. The molecule has 0 amide bonds. The zero-order valence-corrected chi connectivity index (χ0v) is 7.76. The second-order valence-corrected chi connectivity index (χ2v) is 4.44. The van der Waals surface area contributed by atoms with Crippen LogP contribution in [-0.2, 0) is 4.74 Å². The summed E-state index contributed by atoms with van der Waals surface area (Å²) in [6, 6.07) is 0. The van der Waals surface area contributed by atoms with Gasteiger partial charge in [0, 0.05) is 6.42 Å². The van der Waals surface area contributed by atoms with Crippen LogP contribution in [0.4, 0.5) is 0 Å². The number of ether oxygens (including phenoxy) is 1. The molecule has 2 aliphatic rings. The normalized spacial score (nSPS) is 51.4. The van der Waals surface area contributed by atoms with E-state index in [2.05, 4.69) is 13.5 Å². The predicted octanol–water partition coefficient (Wildman–Crippen LogP) is 1.64. The molecule has 68 valence electrons. The zero-order chi connectivity index (χ0) is 8.98. The molecule has 2 rings (SSSR count). The average molecular weight is 168 g/mol. The minimum atomic E-state index is -0.652. The molecular formula is C10H16O2. The molecule has 1 aliphatic heterocycles. The zero-order valence-electron chi connectivity index (χ0n) is 7.76. The Labute approximate surface area is 73.2 Å².